The zero-order valence-corrected chi connectivity index (χ0v) is 17.4. The van der Waals surface area contributed by atoms with E-state index in [0.29, 0.717) is 5.69 Å². The van der Waals surface area contributed by atoms with E-state index in [2.05, 4.69) is 15.7 Å². The second-order valence-corrected chi connectivity index (χ2v) is 7.22. The van der Waals surface area contributed by atoms with Crippen LogP contribution >= 0.6 is 11.6 Å². The number of carbonyl (C=O) groups is 2. The number of nitrogens with one attached hydrogen (secondary N) is 2. The average molecular weight is 469 g/mol. The molecule has 0 aliphatic heterocycles. The van der Waals surface area contributed by atoms with Crippen LogP contribution in [0, 0.1) is 12.7 Å². The standard InChI is InChI=1S/C21H17ClF4N4O2/c1-12-9-18(30(29-12)15-4-2-3-13(10-15)21(24,25)26)28-19(31)7-8-27-20(32)16-6-5-14(23)11-17(16)22/h2-6,9-11H,7-8H2,1H3,(H,27,32)(H,28,31). The molecule has 6 nitrogen and oxygen atoms in total. The molecule has 0 radical (unpaired) electrons. The third-order valence-corrected chi connectivity index (χ3v) is 4.64. The Morgan fingerprint density at radius 3 is 2.56 bits per heavy atom. The van der Waals surface area contributed by atoms with Gasteiger partial charge < -0.3 is 10.6 Å². The minimum atomic E-state index is -4.52. The van der Waals surface area contributed by atoms with Gasteiger partial charge in [-0.25, -0.2) is 9.07 Å². The van der Waals surface area contributed by atoms with Gasteiger partial charge in [0.05, 0.1) is 27.5 Å². The summed E-state index contributed by atoms with van der Waals surface area (Å²) in [5.74, 6) is -1.48. The van der Waals surface area contributed by atoms with Crippen LogP contribution in [0.5, 0.6) is 0 Å². The van der Waals surface area contributed by atoms with E-state index in [1.165, 1.54) is 28.9 Å². The Bertz CT molecular complexity index is 1160. The molecule has 3 aromatic rings. The molecule has 1 aromatic heterocycles. The van der Waals surface area contributed by atoms with Gasteiger partial charge in [-0.3, -0.25) is 9.59 Å². The fourth-order valence-electron chi connectivity index (χ4n) is 2.86. The van der Waals surface area contributed by atoms with E-state index in [4.69, 9.17) is 11.6 Å². The zero-order valence-electron chi connectivity index (χ0n) is 16.6. The van der Waals surface area contributed by atoms with E-state index in [1.54, 1.807) is 6.92 Å². The van der Waals surface area contributed by atoms with Crippen molar-refractivity contribution in [3.63, 3.8) is 0 Å². The lowest BCUT2D eigenvalue weighted by Crippen LogP contribution is -2.28. The number of benzene rings is 2. The van der Waals surface area contributed by atoms with E-state index in [1.807, 2.05) is 0 Å². The van der Waals surface area contributed by atoms with Crippen LogP contribution in [-0.2, 0) is 11.0 Å². The summed E-state index contributed by atoms with van der Waals surface area (Å²) in [7, 11) is 0. The first-order valence-corrected chi connectivity index (χ1v) is 9.70. The van der Waals surface area contributed by atoms with Crippen molar-refractivity contribution in [2.24, 2.45) is 0 Å². The number of halogens is 5. The molecule has 0 saturated heterocycles. The Kier molecular flexibility index (Phi) is 6.83. The number of anilines is 1. The number of aryl methyl sites for hydroxylation is 1. The molecule has 0 aliphatic carbocycles. The molecule has 0 fully saturated rings. The third kappa shape index (κ3) is 5.64. The molecule has 0 atom stereocenters. The minimum Gasteiger partial charge on any atom is -0.351 e. The van der Waals surface area contributed by atoms with E-state index in [0.717, 1.165) is 24.3 Å². The highest BCUT2D eigenvalue weighted by Gasteiger charge is 2.30. The van der Waals surface area contributed by atoms with Crippen molar-refractivity contribution in [1.82, 2.24) is 15.1 Å². The van der Waals surface area contributed by atoms with Crippen LogP contribution in [-0.4, -0.2) is 28.1 Å². The normalized spacial score (nSPS) is 11.3. The van der Waals surface area contributed by atoms with Gasteiger partial charge in [0.15, 0.2) is 0 Å². The molecule has 2 amide bonds. The molecular formula is C21H17ClF4N4O2. The number of alkyl halides is 3. The Balaban J connectivity index is 1.64. The second kappa shape index (κ2) is 9.39. The van der Waals surface area contributed by atoms with Crippen molar-refractivity contribution in [2.75, 3.05) is 11.9 Å². The monoisotopic (exact) mass is 468 g/mol. The molecule has 3 rings (SSSR count). The number of aromatic nitrogens is 2. The molecule has 11 heteroatoms. The van der Waals surface area contributed by atoms with Gasteiger partial charge in [-0.2, -0.15) is 18.3 Å². The summed E-state index contributed by atoms with van der Waals surface area (Å²) >= 11 is 5.83. The first-order chi connectivity index (χ1) is 15.0. The lowest BCUT2D eigenvalue weighted by atomic mass is 10.2. The van der Waals surface area contributed by atoms with Crippen LogP contribution in [0.3, 0.4) is 0 Å². The van der Waals surface area contributed by atoms with Gasteiger partial charge in [0, 0.05) is 19.0 Å². The number of carbonyl (C=O) groups excluding carboxylic acids is 2. The van der Waals surface area contributed by atoms with Crippen molar-refractivity contribution in [2.45, 2.75) is 19.5 Å². The molecular weight excluding hydrogens is 452 g/mol. The number of rotatable bonds is 6. The lowest BCUT2D eigenvalue weighted by molar-refractivity contribution is -0.137. The fraction of sp³-hybridized carbons (Fsp3) is 0.190. The lowest BCUT2D eigenvalue weighted by Gasteiger charge is -2.12. The van der Waals surface area contributed by atoms with Crippen molar-refractivity contribution in [3.05, 3.63) is 76.2 Å². The van der Waals surface area contributed by atoms with E-state index in [-0.39, 0.29) is 35.1 Å². The van der Waals surface area contributed by atoms with Crippen molar-refractivity contribution in [1.29, 1.82) is 0 Å². The average Bonchev–Trinajstić information content (AvgIpc) is 3.07. The summed E-state index contributed by atoms with van der Waals surface area (Å²) < 4.78 is 53.3. The van der Waals surface area contributed by atoms with Gasteiger partial charge in [-0.1, -0.05) is 17.7 Å². The highest BCUT2D eigenvalue weighted by molar-refractivity contribution is 6.33. The van der Waals surface area contributed by atoms with Crippen molar-refractivity contribution < 1.29 is 27.2 Å². The molecule has 0 spiro atoms. The maximum atomic E-state index is 13.1. The maximum absolute atomic E-state index is 13.1. The molecule has 0 saturated carbocycles. The molecule has 0 aliphatic rings. The summed E-state index contributed by atoms with van der Waals surface area (Å²) in [6, 6.07) is 9.37. The first-order valence-electron chi connectivity index (χ1n) is 9.32. The zero-order chi connectivity index (χ0) is 23.5. The van der Waals surface area contributed by atoms with Crippen LogP contribution < -0.4 is 10.6 Å². The van der Waals surface area contributed by atoms with Crippen LogP contribution in [0.15, 0.2) is 48.5 Å². The van der Waals surface area contributed by atoms with Crippen molar-refractivity contribution >= 4 is 29.2 Å². The van der Waals surface area contributed by atoms with Crippen LogP contribution in [0.2, 0.25) is 5.02 Å². The summed E-state index contributed by atoms with van der Waals surface area (Å²) in [5.41, 5.74) is -0.172. The highest BCUT2D eigenvalue weighted by atomic mass is 35.5. The van der Waals surface area contributed by atoms with E-state index < -0.39 is 29.4 Å². The van der Waals surface area contributed by atoms with Crippen LogP contribution in [0.4, 0.5) is 23.4 Å². The summed E-state index contributed by atoms with van der Waals surface area (Å²) in [6.07, 6.45) is -4.65. The van der Waals surface area contributed by atoms with E-state index >= 15 is 0 Å². The smallest absolute Gasteiger partial charge is 0.351 e. The molecule has 1 heterocycles. The quantitative estimate of drug-likeness (QED) is 0.513. The van der Waals surface area contributed by atoms with E-state index in [9.17, 15) is 27.2 Å². The van der Waals surface area contributed by atoms with Gasteiger partial charge in [-0.05, 0) is 43.3 Å². The Hall–Kier alpha value is -3.40. The first kappa shape index (κ1) is 23.3. The largest absolute Gasteiger partial charge is 0.416 e. The van der Waals surface area contributed by atoms with Gasteiger partial charge in [0.1, 0.15) is 11.6 Å². The molecule has 2 aromatic carbocycles. The molecule has 0 unspecified atom stereocenters. The number of hydrogen-bond acceptors (Lipinski definition) is 3. The Morgan fingerprint density at radius 2 is 1.88 bits per heavy atom. The molecule has 32 heavy (non-hydrogen) atoms. The van der Waals surface area contributed by atoms with Gasteiger partial charge >= 0.3 is 6.18 Å². The third-order valence-electron chi connectivity index (χ3n) is 4.33. The number of nitrogens with zero attached hydrogens (tertiary/aromatic N) is 2. The highest BCUT2D eigenvalue weighted by Crippen LogP contribution is 2.31. The van der Waals surface area contributed by atoms with Gasteiger partial charge in [0.2, 0.25) is 5.91 Å². The molecule has 168 valence electrons. The number of hydrogen-bond donors (Lipinski definition) is 2. The number of amides is 2. The topological polar surface area (TPSA) is 76.0 Å². The fourth-order valence-corrected chi connectivity index (χ4v) is 3.12. The van der Waals surface area contributed by atoms with Gasteiger partial charge in [-0.15, -0.1) is 0 Å². The summed E-state index contributed by atoms with van der Waals surface area (Å²) in [5, 5.41) is 9.15. The Morgan fingerprint density at radius 1 is 1.12 bits per heavy atom. The second-order valence-electron chi connectivity index (χ2n) is 6.81. The van der Waals surface area contributed by atoms with Crippen LogP contribution in [0.1, 0.15) is 28.0 Å². The predicted molar refractivity (Wildman–Crippen MR) is 110 cm³/mol. The molecule has 0 bridgehead atoms. The Labute approximate surface area is 185 Å². The SMILES string of the molecule is Cc1cc(NC(=O)CCNC(=O)c2ccc(F)cc2Cl)n(-c2cccc(C(F)(F)F)c2)n1. The predicted octanol–water partition coefficient (Wildman–Crippen LogP) is 4.75. The summed E-state index contributed by atoms with van der Waals surface area (Å²) in [6.45, 7) is 1.58. The summed E-state index contributed by atoms with van der Waals surface area (Å²) in [4.78, 5) is 24.4. The maximum Gasteiger partial charge on any atom is 0.416 e. The molecule has 2 N–H and O–H groups in total. The van der Waals surface area contributed by atoms with Crippen molar-refractivity contribution in [3.8, 4) is 5.69 Å². The van der Waals surface area contributed by atoms with Crippen LogP contribution in [0.25, 0.3) is 5.69 Å². The van der Waals surface area contributed by atoms with Gasteiger partial charge in [0.25, 0.3) is 5.91 Å². The minimum absolute atomic E-state index is 0.0466.